The van der Waals surface area contributed by atoms with Crippen molar-refractivity contribution in [1.29, 1.82) is 0 Å². The first-order valence-corrected chi connectivity index (χ1v) is 9.03. The van der Waals surface area contributed by atoms with E-state index < -0.39 is 11.7 Å². The van der Waals surface area contributed by atoms with Crippen LogP contribution in [0.2, 0.25) is 0 Å². The quantitative estimate of drug-likeness (QED) is 0.667. The third-order valence-electron chi connectivity index (χ3n) is 3.50. The Morgan fingerprint density at radius 3 is 2.50 bits per heavy atom. The highest BCUT2D eigenvalue weighted by Gasteiger charge is 2.24. The molecular formula is C20H23BrN2O3. The molecule has 6 heteroatoms. The molecule has 0 aliphatic carbocycles. The molecule has 0 aliphatic rings. The number of halogens is 1. The van der Waals surface area contributed by atoms with E-state index in [1.54, 1.807) is 6.08 Å². The van der Waals surface area contributed by atoms with Gasteiger partial charge in [0.1, 0.15) is 5.60 Å². The van der Waals surface area contributed by atoms with E-state index in [1.165, 1.54) is 11.8 Å². The topological polar surface area (TPSA) is 58.6 Å². The standard InChI is InChI=1S/C20H23BrN2O3/c1-6-12-23(19(25)26-20(3,4)5)17-11-10-14-15(18(17)21)8-7-9-16(14)22-13(2)24/h6-11H,1,12H2,2-5H3,(H,22,24). The van der Waals surface area contributed by atoms with Crippen LogP contribution < -0.4 is 10.2 Å². The predicted molar refractivity (Wildman–Crippen MR) is 110 cm³/mol. The van der Waals surface area contributed by atoms with Crippen molar-refractivity contribution in [1.82, 2.24) is 0 Å². The first-order chi connectivity index (χ1) is 12.1. The highest BCUT2D eigenvalue weighted by atomic mass is 79.9. The molecule has 1 N–H and O–H groups in total. The molecule has 2 amide bonds. The first-order valence-electron chi connectivity index (χ1n) is 8.24. The fraction of sp³-hybridized carbons (Fsp3) is 0.300. The monoisotopic (exact) mass is 418 g/mol. The lowest BCUT2D eigenvalue weighted by Crippen LogP contribution is -2.37. The molecule has 0 saturated heterocycles. The van der Waals surface area contributed by atoms with Gasteiger partial charge in [0.25, 0.3) is 0 Å². The zero-order valence-corrected chi connectivity index (χ0v) is 17.0. The Hall–Kier alpha value is -2.34. The van der Waals surface area contributed by atoms with E-state index in [0.29, 0.717) is 12.2 Å². The Kier molecular flexibility index (Phi) is 6.08. The first kappa shape index (κ1) is 20.0. The Morgan fingerprint density at radius 1 is 1.23 bits per heavy atom. The summed E-state index contributed by atoms with van der Waals surface area (Å²) in [6.45, 7) is 11.0. The van der Waals surface area contributed by atoms with Gasteiger partial charge in [0.05, 0.1) is 5.69 Å². The number of hydrogen-bond acceptors (Lipinski definition) is 3. The number of carbonyl (C=O) groups excluding carboxylic acids is 2. The maximum atomic E-state index is 12.6. The van der Waals surface area contributed by atoms with Gasteiger partial charge in [0.2, 0.25) is 5.91 Å². The van der Waals surface area contributed by atoms with Crippen LogP contribution in [0.4, 0.5) is 16.2 Å². The largest absolute Gasteiger partial charge is 0.443 e. The molecule has 26 heavy (non-hydrogen) atoms. The average Bonchev–Trinajstić information content (AvgIpc) is 2.52. The Labute approximate surface area is 162 Å². The molecule has 2 aromatic carbocycles. The fourth-order valence-electron chi connectivity index (χ4n) is 2.53. The number of ether oxygens (including phenoxy) is 1. The van der Waals surface area contributed by atoms with E-state index in [-0.39, 0.29) is 5.91 Å². The molecule has 2 aromatic rings. The van der Waals surface area contributed by atoms with Gasteiger partial charge in [0, 0.05) is 34.4 Å². The third kappa shape index (κ3) is 4.64. The van der Waals surface area contributed by atoms with Crippen LogP contribution in [0.25, 0.3) is 10.8 Å². The Balaban J connectivity index is 2.53. The summed E-state index contributed by atoms with van der Waals surface area (Å²) in [4.78, 5) is 25.6. The van der Waals surface area contributed by atoms with E-state index in [2.05, 4.69) is 27.8 Å². The van der Waals surface area contributed by atoms with Crippen LogP contribution in [0.5, 0.6) is 0 Å². The summed E-state index contributed by atoms with van der Waals surface area (Å²) in [6.07, 6.45) is 1.20. The zero-order chi connectivity index (χ0) is 19.5. The highest BCUT2D eigenvalue weighted by Crippen LogP contribution is 2.37. The number of anilines is 2. The second-order valence-electron chi connectivity index (χ2n) is 6.86. The number of benzene rings is 2. The smallest absolute Gasteiger partial charge is 0.415 e. The summed E-state index contributed by atoms with van der Waals surface area (Å²) < 4.78 is 6.26. The van der Waals surface area contributed by atoms with Crippen molar-refractivity contribution < 1.29 is 14.3 Å². The molecule has 0 bridgehead atoms. The van der Waals surface area contributed by atoms with Gasteiger partial charge in [-0.05, 0) is 48.8 Å². The summed E-state index contributed by atoms with van der Waals surface area (Å²) in [7, 11) is 0. The van der Waals surface area contributed by atoms with Crippen LogP contribution >= 0.6 is 15.9 Å². The van der Waals surface area contributed by atoms with Gasteiger partial charge in [-0.15, -0.1) is 6.58 Å². The summed E-state index contributed by atoms with van der Waals surface area (Å²) in [5, 5.41) is 4.58. The van der Waals surface area contributed by atoms with Crippen LogP contribution in [0.15, 0.2) is 47.5 Å². The number of nitrogens with one attached hydrogen (secondary N) is 1. The molecule has 138 valence electrons. The minimum atomic E-state index is -0.599. The van der Waals surface area contributed by atoms with Crippen LogP contribution in [0.3, 0.4) is 0 Å². The molecule has 0 atom stereocenters. The van der Waals surface area contributed by atoms with Gasteiger partial charge in [-0.25, -0.2) is 4.79 Å². The van der Waals surface area contributed by atoms with Gasteiger partial charge < -0.3 is 10.1 Å². The zero-order valence-electron chi connectivity index (χ0n) is 15.4. The van der Waals surface area contributed by atoms with Crippen molar-refractivity contribution >= 4 is 50.1 Å². The van der Waals surface area contributed by atoms with Gasteiger partial charge in [-0.1, -0.05) is 24.3 Å². The third-order valence-corrected chi connectivity index (χ3v) is 4.34. The van der Waals surface area contributed by atoms with Crippen LogP contribution in [-0.4, -0.2) is 24.1 Å². The molecule has 0 saturated carbocycles. The lowest BCUT2D eigenvalue weighted by Gasteiger charge is -2.27. The van der Waals surface area contributed by atoms with E-state index in [9.17, 15) is 9.59 Å². The number of carbonyl (C=O) groups is 2. The molecule has 0 aliphatic heterocycles. The van der Waals surface area contributed by atoms with E-state index in [0.717, 1.165) is 20.9 Å². The summed E-state index contributed by atoms with van der Waals surface area (Å²) in [5.74, 6) is -0.139. The summed E-state index contributed by atoms with van der Waals surface area (Å²) in [6, 6.07) is 9.32. The van der Waals surface area contributed by atoms with Crippen molar-refractivity contribution in [2.75, 3.05) is 16.8 Å². The molecule has 0 fully saturated rings. The lowest BCUT2D eigenvalue weighted by atomic mass is 10.1. The van der Waals surface area contributed by atoms with Crippen LogP contribution in [0.1, 0.15) is 27.7 Å². The molecule has 0 heterocycles. The molecule has 2 rings (SSSR count). The van der Waals surface area contributed by atoms with Crippen LogP contribution in [-0.2, 0) is 9.53 Å². The van der Waals surface area contributed by atoms with Crippen molar-refractivity contribution in [2.24, 2.45) is 0 Å². The van der Waals surface area contributed by atoms with Crippen molar-refractivity contribution in [3.63, 3.8) is 0 Å². The predicted octanol–water partition coefficient (Wildman–Crippen LogP) is 5.49. The number of rotatable bonds is 4. The molecule has 0 unspecified atom stereocenters. The maximum absolute atomic E-state index is 12.6. The number of fused-ring (bicyclic) bond motifs is 1. The van der Waals surface area contributed by atoms with Gasteiger partial charge in [-0.3, -0.25) is 9.69 Å². The van der Waals surface area contributed by atoms with E-state index in [1.807, 2.05) is 51.1 Å². The Bertz CT molecular complexity index is 856. The van der Waals surface area contributed by atoms with Gasteiger partial charge in [0.15, 0.2) is 0 Å². The van der Waals surface area contributed by atoms with E-state index >= 15 is 0 Å². The van der Waals surface area contributed by atoms with Crippen molar-refractivity contribution in [3.05, 3.63) is 47.5 Å². The minimum Gasteiger partial charge on any atom is -0.443 e. The van der Waals surface area contributed by atoms with Crippen molar-refractivity contribution in [2.45, 2.75) is 33.3 Å². The molecule has 0 aromatic heterocycles. The second kappa shape index (κ2) is 7.91. The van der Waals surface area contributed by atoms with Gasteiger partial charge in [-0.2, -0.15) is 0 Å². The second-order valence-corrected chi connectivity index (χ2v) is 7.65. The SMILES string of the molecule is C=CCN(C(=O)OC(C)(C)C)c1ccc2c(NC(C)=O)cccc2c1Br. The molecule has 5 nitrogen and oxygen atoms in total. The maximum Gasteiger partial charge on any atom is 0.415 e. The summed E-state index contributed by atoms with van der Waals surface area (Å²) in [5.41, 5.74) is 0.791. The molecule has 0 radical (unpaired) electrons. The van der Waals surface area contributed by atoms with Gasteiger partial charge >= 0.3 is 6.09 Å². The highest BCUT2D eigenvalue weighted by molar-refractivity contribution is 9.10. The molecular weight excluding hydrogens is 396 g/mol. The average molecular weight is 419 g/mol. The van der Waals surface area contributed by atoms with Crippen molar-refractivity contribution in [3.8, 4) is 0 Å². The number of hydrogen-bond donors (Lipinski definition) is 1. The minimum absolute atomic E-state index is 0.139. The molecule has 0 spiro atoms. The summed E-state index contributed by atoms with van der Waals surface area (Å²) >= 11 is 3.60. The number of nitrogens with zero attached hydrogens (tertiary/aromatic N) is 1. The van der Waals surface area contributed by atoms with Crippen LogP contribution in [0, 0.1) is 0 Å². The number of amides is 2. The fourth-order valence-corrected chi connectivity index (χ4v) is 3.23. The lowest BCUT2D eigenvalue weighted by molar-refractivity contribution is -0.114. The normalized spacial score (nSPS) is 11.1. The van der Waals surface area contributed by atoms with E-state index in [4.69, 9.17) is 4.74 Å². The Morgan fingerprint density at radius 2 is 1.92 bits per heavy atom.